The molecule has 4 aliphatic carbocycles. The molecular weight excluding hydrogens is 322 g/mol. The highest BCUT2D eigenvalue weighted by molar-refractivity contribution is 6.40. The van der Waals surface area contributed by atoms with Crippen molar-refractivity contribution in [3.05, 3.63) is 0 Å². The van der Waals surface area contributed by atoms with E-state index in [4.69, 9.17) is 10.1 Å². The number of fused-ring (bicyclic) bond motifs is 5. The van der Waals surface area contributed by atoms with Gasteiger partial charge in [-0.05, 0) is 85.4 Å². The van der Waals surface area contributed by atoms with Gasteiger partial charge in [-0.2, -0.15) is 0 Å². The van der Waals surface area contributed by atoms with E-state index in [1.165, 1.54) is 32.1 Å². The molecular formula is C23H37NO2. The van der Waals surface area contributed by atoms with Crippen molar-refractivity contribution in [2.24, 2.45) is 46.3 Å². The number of nitrogens with one attached hydrogen (secondary N) is 1. The van der Waals surface area contributed by atoms with Gasteiger partial charge < -0.3 is 10.1 Å². The molecule has 4 rings (SSSR count). The van der Waals surface area contributed by atoms with E-state index in [0.717, 1.165) is 43.1 Å². The molecule has 8 atom stereocenters. The lowest BCUT2D eigenvalue weighted by molar-refractivity contribution is -0.123. The standard InChI is InChI=1S/C23H37NO2/c1-14(13-26-4)16-7-8-17-15-5-6-19-21(24)20(25)10-12-23(19,3)18(15)9-11-22(16,17)2/h14-19,24H,5-13H2,1-4H3/t14-,15-,16+,17-,18-,19?,22+,23+/m0/s1. The van der Waals surface area contributed by atoms with Gasteiger partial charge in [0, 0.05) is 26.1 Å². The molecule has 1 N–H and O–H groups in total. The van der Waals surface area contributed by atoms with Crippen LogP contribution in [-0.2, 0) is 9.53 Å². The van der Waals surface area contributed by atoms with Crippen molar-refractivity contribution in [1.82, 2.24) is 0 Å². The van der Waals surface area contributed by atoms with E-state index in [0.29, 0.717) is 23.5 Å². The predicted octanol–water partition coefficient (Wildman–Crippen LogP) is 5.13. The number of hydrogen-bond acceptors (Lipinski definition) is 3. The number of carbonyl (C=O) groups excluding carboxylic acids is 1. The van der Waals surface area contributed by atoms with E-state index in [-0.39, 0.29) is 17.1 Å². The van der Waals surface area contributed by atoms with Crippen molar-refractivity contribution >= 4 is 11.5 Å². The van der Waals surface area contributed by atoms with Gasteiger partial charge in [-0.25, -0.2) is 0 Å². The van der Waals surface area contributed by atoms with Crippen molar-refractivity contribution in [2.75, 3.05) is 13.7 Å². The second-order valence-electron chi connectivity index (χ2n) is 10.5. The molecule has 0 bridgehead atoms. The van der Waals surface area contributed by atoms with Crippen molar-refractivity contribution in [3.8, 4) is 0 Å². The Bertz CT molecular complexity index is 601. The molecule has 0 aromatic carbocycles. The Morgan fingerprint density at radius 2 is 1.81 bits per heavy atom. The molecule has 26 heavy (non-hydrogen) atoms. The van der Waals surface area contributed by atoms with Crippen LogP contribution in [0.2, 0.25) is 0 Å². The molecule has 0 saturated heterocycles. The summed E-state index contributed by atoms with van der Waals surface area (Å²) >= 11 is 0. The van der Waals surface area contributed by atoms with Gasteiger partial charge in [-0.3, -0.25) is 4.79 Å². The maximum atomic E-state index is 12.1. The van der Waals surface area contributed by atoms with E-state index >= 15 is 0 Å². The number of methoxy groups -OCH3 is 1. The summed E-state index contributed by atoms with van der Waals surface area (Å²) in [6, 6.07) is 0. The molecule has 1 unspecified atom stereocenters. The maximum absolute atomic E-state index is 12.1. The molecule has 0 heterocycles. The topological polar surface area (TPSA) is 50.1 Å². The average molecular weight is 360 g/mol. The number of ketones is 1. The third kappa shape index (κ3) is 2.48. The first-order valence-corrected chi connectivity index (χ1v) is 10.9. The van der Waals surface area contributed by atoms with E-state index in [2.05, 4.69) is 20.8 Å². The van der Waals surface area contributed by atoms with Crippen LogP contribution < -0.4 is 0 Å². The molecule has 4 aliphatic rings. The van der Waals surface area contributed by atoms with E-state index in [1.54, 1.807) is 0 Å². The number of carbonyl (C=O) groups is 1. The van der Waals surface area contributed by atoms with Crippen LogP contribution in [0.3, 0.4) is 0 Å². The summed E-state index contributed by atoms with van der Waals surface area (Å²) in [5.74, 6) is 4.19. The summed E-state index contributed by atoms with van der Waals surface area (Å²) in [5.41, 5.74) is 1.13. The lowest BCUT2D eigenvalue weighted by atomic mass is 9.44. The highest BCUT2D eigenvalue weighted by Crippen LogP contribution is 2.67. The van der Waals surface area contributed by atoms with E-state index < -0.39 is 0 Å². The van der Waals surface area contributed by atoms with Crippen LogP contribution in [0.1, 0.15) is 72.1 Å². The number of hydrogen-bond donors (Lipinski definition) is 1. The molecule has 0 aromatic heterocycles. The van der Waals surface area contributed by atoms with Gasteiger partial charge in [-0.15, -0.1) is 0 Å². The first-order valence-electron chi connectivity index (χ1n) is 10.9. The highest BCUT2D eigenvalue weighted by Gasteiger charge is 2.61. The Morgan fingerprint density at radius 3 is 2.54 bits per heavy atom. The molecule has 0 aromatic rings. The van der Waals surface area contributed by atoms with Crippen LogP contribution in [0, 0.1) is 51.7 Å². The first-order chi connectivity index (χ1) is 12.3. The zero-order valence-corrected chi connectivity index (χ0v) is 17.1. The van der Waals surface area contributed by atoms with Gasteiger partial charge in [0.05, 0.1) is 5.71 Å². The zero-order valence-electron chi connectivity index (χ0n) is 17.1. The number of rotatable bonds is 3. The second kappa shape index (κ2) is 6.43. The van der Waals surface area contributed by atoms with Gasteiger partial charge in [-0.1, -0.05) is 20.8 Å². The minimum atomic E-state index is 0.126. The number of ether oxygens (including phenoxy) is 1. The summed E-state index contributed by atoms with van der Waals surface area (Å²) in [4.78, 5) is 12.1. The smallest absolute Gasteiger partial charge is 0.176 e. The lowest BCUT2D eigenvalue weighted by Crippen LogP contribution is -2.56. The van der Waals surface area contributed by atoms with E-state index in [1.807, 2.05) is 7.11 Å². The summed E-state index contributed by atoms with van der Waals surface area (Å²) in [6.45, 7) is 8.29. The molecule has 0 radical (unpaired) electrons. The monoisotopic (exact) mass is 359 g/mol. The summed E-state index contributed by atoms with van der Waals surface area (Å²) in [5, 5.41) is 8.41. The second-order valence-corrected chi connectivity index (χ2v) is 10.5. The molecule has 0 amide bonds. The zero-order chi connectivity index (χ0) is 18.7. The van der Waals surface area contributed by atoms with Gasteiger partial charge in [0.15, 0.2) is 5.78 Å². The third-order valence-electron chi connectivity index (χ3n) is 9.60. The molecule has 146 valence electrons. The first kappa shape index (κ1) is 18.7. The van der Waals surface area contributed by atoms with Crippen LogP contribution >= 0.6 is 0 Å². The Hall–Kier alpha value is -0.700. The van der Waals surface area contributed by atoms with Crippen molar-refractivity contribution in [1.29, 1.82) is 5.41 Å². The molecule has 3 heteroatoms. The number of Topliss-reactive ketones (excluding diaryl/α,β-unsaturated/α-hetero) is 1. The van der Waals surface area contributed by atoms with Crippen LogP contribution in [0.25, 0.3) is 0 Å². The summed E-state index contributed by atoms with van der Waals surface area (Å²) in [7, 11) is 1.84. The molecule has 0 aliphatic heterocycles. The van der Waals surface area contributed by atoms with Gasteiger partial charge >= 0.3 is 0 Å². The maximum Gasteiger partial charge on any atom is 0.176 e. The molecule has 0 spiro atoms. The fraction of sp³-hybridized carbons (Fsp3) is 0.913. The molecule has 4 fully saturated rings. The van der Waals surface area contributed by atoms with Crippen molar-refractivity contribution in [3.63, 3.8) is 0 Å². The van der Waals surface area contributed by atoms with Gasteiger partial charge in [0.25, 0.3) is 0 Å². The lowest BCUT2D eigenvalue weighted by Gasteiger charge is -2.60. The van der Waals surface area contributed by atoms with Gasteiger partial charge in [0.1, 0.15) is 0 Å². The van der Waals surface area contributed by atoms with Gasteiger partial charge in [0.2, 0.25) is 0 Å². The largest absolute Gasteiger partial charge is 0.384 e. The Morgan fingerprint density at radius 1 is 1.08 bits per heavy atom. The van der Waals surface area contributed by atoms with E-state index in [9.17, 15) is 4.79 Å². The molecule has 3 nitrogen and oxygen atoms in total. The van der Waals surface area contributed by atoms with Crippen molar-refractivity contribution < 1.29 is 9.53 Å². The Balaban J connectivity index is 1.59. The fourth-order valence-electron chi connectivity index (χ4n) is 8.36. The molecule has 4 saturated carbocycles. The highest BCUT2D eigenvalue weighted by atomic mass is 16.5. The minimum absolute atomic E-state index is 0.126. The van der Waals surface area contributed by atoms with Crippen molar-refractivity contribution in [2.45, 2.75) is 72.1 Å². The van der Waals surface area contributed by atoms with Crippen LogP contribution in [0.15, 0.2) is 0 Å². The van der Waals surface area contributed by atoms with Crippen LogP contribution in [0.4, 0.5) is 0 Å². The van der Waals surface area contributed by atoms with Crippen LogP contribution in [-0.4, -0.2) is 25.2 Å². The summed E-state index contributed by atoms with van der Waals surface area (Å²) in [6.07, 6.45) is 9.34. The summed E-state index contributed by atoms with van der Waals surface area (Å²) < 4.78 is 5.50. The minimum Gasteiger partial charge on any atom is -0.384 e. The average Bonchev–Trinajstić information content (AvgIpc) is 2.96. The normalized spacial score (nSPS) is 49.3. The predicted molar refractivity (Wildman–Crippen MR) is 104 cm³/mol. The SMILES string of the molecule is COC[C@H](C)[C@H]1CC[C@H]2[C@@H]3CCC4C(=N)C(=O)CC[C@]4(C)[C@H]3CC[C@]12C. The van der Waals surface area contributed by atoms with Crippen LogP contribution in [0.5, 0.6) is 0 Å². The third-order valence-corrected chi connectivity index (χ3v) is 9.60. The Kier molecular flexibility index (Phi) is 4.61. The fourth-order valence-corrected chi connectivity index (χ4v) is 8.36. The Labute approximate surface area is 159 Å². The quantitative estimate of drug-likeness (QED) is 0.759.